The zero-order valence-corrected chi connectivity index (χ0v) is 11.7. The van der Waals surface area contributed by atoms with E-state index in [0.717, 1.165) is 0 Å². The number of carbonyl (C=O) groups excluding carboxylic acids is 1. The zero-order valence-electron chi connectivity index (χ0n) is 10.2. The number of hydrogen-bond donors (Lipinski definition) is 1. The van der Waals surface area contributed by atoms with Crippen LogP contribution in [0.1, 0.15) is 24.2 Å². The lowest BCUT2D eigenvalue weighted by Crippen LogP contribution is -2.65. The summed E-state index contributed by atoms with van der Waals surface area (Å²) in [6.45, 7) is 4.53. The van der Waals surface area contributed by atoms with E-state index in [9.17, 15) is 9.90 Å². The van der Waals surface area contributed by atoms with Gasteiger partial charge in [0.1, 0.15) is 15.9 Å². The maximum atomic E-state index is 12.1. The highest BCUT2D eigenvalue weighted by Gasteiger charge is 2.45. The predicted octanol–water partition coefficient (Wildman–Crippen LogP) is 2.23. The lowest BCUT2D eigenvalue weighted by Gasteiger charge is -2.49. The van der Waals surface area contributed by atoms with E-state index in [4.69, 9.17) is 23.2 Å². The molecule has 1 aromatic rings. The lowest BCUT2D eigenvalue weighted by atomic mass is 9.82. The number of halogens is 2. The average molecular weight is 289 g/mol. The Morgan fingerprint density at radius 3 is 2.33 bits per heavy atom. The van der Waals surface area contributed by atoms with Crippen LogP contribution < -0.4 is 0 Å². The first-order chi connectivity index (χ1) is 8.32. The Bertz CT molecular complexity index is 465. The molecule has 0 spiro atoms. The van der Waals surface area contributed by atoms with Crippen LogP contribution in [0.2, 0.25) is 10.3 Å². The third-order valence-corrected chi connectivity index (χ3v) is 3.69. The van der Waals surface area contributed by atoms with Crippen LogP contribution in [-0.2, 0) is 0 Å². The number of carbonyl (C=O) groups is 1. The van der Waals surface area contributed by atoms with Crippen molar-refractivity contribution in [2.75, 3.05) is 13.1 Å². The van der Waals surface area contributed by atoms with Crippen LogP contribution in [0, 0.1) is 5.92 Å². The first-order valence-electron chi connectivity index (χ1n) is 5.66. The number of amides is 1. The van der Waals surface area contributed by atoms with Crippen LogP contribution in [-0.4, -0.2) is 39.6 Å². The molecule has 0 atom stereocenters. The Hall–Kier alpha value is -0.840. The molecule has 18 heavy (non-hydrogen) atoms. The Balaban J connectivity index is 2.10. The van der Waals surface area contributed by atoms with E-state index in [1.54, 1.807) is 4.90 Å². The van der Waals surface area contributed by atoms with E-state index in [-0.39, 0.29) is 22.1 Å². The van der Waals surface area contributed by atoms with Gasteiger partial charge < -0.3 is 10.0 Å². The molecule has 6 heteroatoms. The highest BCUT2D eigenvalue weighted by atomic mass is 35.5. The van der Waals surface area contributed by atoms with Crippen molar-refractivity contribution in [1.29, 1.82) is 0 Å². The van der Waals surface area contributed by atoms with Gasteiger partial charge in [-0.3, -0.25) is 4.79 Å². The summed E-state index contributed by atoms with van der Waals surface area (Å²) < 4.78 is 0. The second-order valence-electron chi connectivity index (χ2n) is 4.92. The lowest BCUT2D eigenvalue weighted by molar-refractivity contribution is -0.110. The Morgan fingerprint density at radius 1 is 1.39 bits per heavy atom. The summed E-state index contributed by atoms with van der Waals surface area (Å²) in [6.07, 6.45) is 0. The van der Waals surface area contributed by atoms with E-state index in [1.807, 2.05) is 13.8 Å². The number of likely N-dealkylation sites (tertiary alicyclic amines) is 1. The van der Waals surface area contributed by atoms with Crippen molar-refractivity contribution in [3.63, 3.8) is 0 Å². The highest BCUT2D eigenvalue weighted by molar-refractivity contribution is 6.33. The topological polar surface area (TPSA) is 53.4 Å². The monoisotopic (exact) mass is 288 g/mol. The van der Waals surface area contributed by atoms with Gasteiger partial charge in [-0.25, -0.2) is 4.98 Å². The summed E-state index contributed by atoms with van der Waals surface area (Å²) in [4.78, 5) is 17.5. The molecule has 4 nitrogen and oxygen atoms in total. The normalized spacial score (nSPS) is 17.8. The third-order valence-electron chi connectivity index (χ3n) is 3.30. The molecule has 1 aliphatic heterocycles. The maximum Gasteiger partial charge on any atom is 0.254 e. The van der Waals surface area contributed by atoms with Gasteiger partial charge in [0.25, 0.3) is 5.91 Å². The van der Waals surface area contributed by atoms with Gasteiger partial charge in [-0.1, -0.05) is 37.0 Å². The van der Waals surface area contributed by atoms with Crippen molar-refractivity contribution in [3.8, 4) is 0 Å². The van der Waals surface area contributed by atoms with E-state index < -0.39 is 5.60 Å². The minimum Gasteiger partial charge on any atom is -0.386 e. The number of β-amino-alcohol motifs (C(OH)–C–C–N with tert-alkyl or cyclic N) is 1. The predicted molar refractivity (Wildman–Crippen MR) is 69.9 cm³/mol. The molecule has 0 saturated carbocycles. The molecule has 0 unspecified atom stereocenters. The standard InChI is InChI=1S/C12H14Cl2N2O2/c1-7(2)12(18)5-16(6-12)11(17)8-3-9(13)15-10(14)4-8/h3-4,7,18H,5-6H2,1-2H3. The minimum atomic E-state index is -0.781. The van der Waals surface area contributed by atoms with Gasteiger partial charge in [-0.05, 0) is 18.1 Å². The van der Waals surface area contributed by atoms with Crippen LogP contribution in [0.4, 0.5) is 0 Å². The van der Waals surface area contributed by atoms with Crippen LogP contribution >= 0.6 is 23.2 Å². The van der Waals surface area contributed by atoms with Gasteiger partial charge in [0.15, 0.2) is 0 Å². The fraction of sp³-hybridized carbons (Fsp3) is 0.500. The molecular weight excluding hydrogens is 275 g/mol. The number of hydrogen-bond acceptors (Lipinski definition) is 3. The van der Waals surface area contributed by atoms with E-state index in [2.05, 4.69) is 4.98 Å². The fourth-order valence-electron chi connectivity index (χ4n) is 1.89. The van der Waals surface area contributed by atoms with Gasteiger partial charge >= 0.3 is 0 Å². The molecular formula is C12H14Cl2N2O2. The molecule has 1 aliphatic rings. The molecule has 1 N–H and O–H groups in total. The van der Waals surface area contributed by atoms with Gasteiger partial charge in [0, 0.05) is 5.56 Å². The molecule has 1 saturated heterocycles. The molecule has 1 fully saturated rings. The maximum absolute atomic E-state index is 12.1. The molecule has 1 aromatic heterocycles. The molecule has 1 amide bonds. The Kier molecular flexibility index (Phi) is 3.54. The second kappa shape index (κ2) is 4.68. The summed E-state index contributed by atoms with van der Waals surface area (Å²) in [7, 11) is 0. The van der Waals surface area contributed by atoms with Crippen LogP contribution in [0.5, 0.6) is 0 Å². The van der Waals surface area contributed by atoms with Crippen molar-refractivity contribution < 1.29 is 9.90 Å². The number of aliphatic hydroxyl groups is 1. The minimum absolute atomic E-state index is 0.117. The second-order valence-corrected chi connectivity index (χ2v) is 5.70. The number of nitrogens with zero attached hydrogens (tertiary/aromatic N) is 2. The third kappa shape index (κ3) is 2.46. The summed E-state index contributed by atoms with van der Waals surface area (Å²) in [5.74, 6) is -0.0716. The van der Waals surface area contributed by atoms with E-state index >= 15 is 0 Å². The highest BCUT2D eigenvalue weighted by Crippen LogP contribution is 2.30. The van der Waals surface area contributed by atoms with Crippen molar-refractivity contribution in [1.82, 2.24) is 9.88 Å². The SMILES string of the molecule is CC(C)C1(O)CN(C(=O)c2cc(Cl)nc(Cl)c2)C1. The Labute approximate surface area is 116 Å². The van der Waals surface area contributed by atoms with Crippen LogP contribution in [0.3, 0.4) is 0 Å². The summed E-state index contributed by atoms with van der Waals surface area (Å²) >= 11 is 11.5. The largest absolute Gasteiger partial charge is 0.386 e. The van der Waals surface area contributed by atoms with Crippen LogP contribution in [0.15, 0.2) is 12.1 Å². The average Bonchev–Trinajstić information content (AvgIpc) is 2.22. The molecule has 0 aromatic carbocycles. The van der Waals surface area contributed by atoms with Crippen molar-refractivity contribution in [3.05, 3.63) is 28.0 Å². The number of rotatable bonds is 2. The van der Waals surface area contributed by atoms with Crippen molar-refractivity contribution in [2.24, 2.45) is 5.92 Å². The number of aromatic nitrogens is 1. The van der Waals surface area contributed by atoms with Gasteiger partial charge in [-0.15, -0.1) is 0 Å². The Morgan fingerprint density at radius 2 is 1.89 bits per heavy atom. The first kappa shape index (κ1) is 13.6. The summed E-state index contributed by atoms with van der Waals surface area (Å²) in [5, 5.41) is 10.5. The molecule has 2 heterocycles. The van der Waals surface area contributed by atoms with E-state index in [0.29, 0.717) is 18.7 Å². The van der Waals surface area contributed by atoms with Crippen LogP contribution in [0.25, 0.3) is 0 Å². The molecule has 2 rings (SSSR count). The van der Waals surface area contributed by atoms with Crippen molar-refractivity contribution in [2.45, 2.75) is 19.4 Å². The van der Waals surface area contributed by atoms with Gasteiger partial charge in [0.05, 0.1) is 13.1 Å². The number of pyridine rings is 1. The van der Waals surface area contributed by atoms with Crippen molar-refractivity contribution >= 4 is 29.1 Å². The van der Waals surface area contributed by atoms with E-state index in [1.165, 1.54) is 12.1 Å². The smallest absolute Gasteiger partial charge is 0.254 e. The fourth-order valence-corrected chi connectivity index (χ4v) is 2.35. The molecule has 0 bridgehead atoms. The van der Waals surface area contributed by atoms with Gasteiger partial charge in [-0.2, -0.15) is 0 Å². The molecule has 0 radical (unpaired) electrons. The summed E-state index contributed by atoms with van der Waals surface area (Å²) in [6, 6.07) is 2.95. The molecule has 98 valence electrons. The first-order valence-corrected chi connectivity index (χ1v) is 6.42. The zero-order chi connectivity index (χ0) is 13.5. The summed E-state index contributed by atoms with van der Waals surface area (Å²) in [5.41, 5.74) is -0.387. The molecule has 0 aliphatic carbocycles. The van der Waals surface area contributed by atoms with Gasteiger partial charge in [0.2, 0.25) is 0 Å². The quantitative estimate of drug-likeness (QED) is 0.849.